The molecule has 2 nitrogen and oxygen atoms in total. The Kier molecular flexibility index (Phi) is 2.18. The van der Waals surface area contributed by atoms with Crippen molar-refractivity contribution in [2.45, 2.75) is 20.8 Å². The van der Waals surface area contributed by atoms with Crippen LogP contribution in [0.25, 0.3) is 0 Å². The van der Waals surface area contributed by atoms with E-state index in [9.17, 15) is 9.90 Å². The second-order valence-electron chi connectivity index (χ2n) is 3.01. The second kappa shape index (κ2) is 2.97. The van der Waals surface area contributed by atoms with Gasteiger partial charge in [0, 0.05) is 5.56 Å². The Morgan fingerprint density at radius 3 is 2.33 bits per heavy atom. The van der Waals surface area contributed by atoms with E-state index < -0.39 is 0 Å². The summed E-state index contributed by atoms with van der Waals surface area (Å²) in [6.45, 7) is 5.17. The molecule has 1 N–H and O–H groups in total. The maximum Gasteiger partial charge on any atom is 0.160 e. The summed E-state index contributed by atoms with van der Waals surface area (Å²) >= 11 is 0. The third kappa shape index (κ3) is 1.47. The summed E-state index contributed by atoms with van der Waals surface area (Å²) in [6, 6.07) is 3.33. The summed E-state index contributed by atoms with van der Waals surface area (Å²) in [5.41, 5.74) is 2.31. The summed E-state index contributed by atoms with van der Waals surface area (Å²) < 4.78 is 0. The fourth-order valence-electron chi connectivity index (χ4n) is 1.22. The van der Waals surface area contributed by atoms with Crippen LogP contribution in [0.15, 0.2) is 12.1 Å². The number of aryl methyl sites for hydroxylation is 2. The van der Waals surface area contributed by atoms with Crippen LogP contribution in [-0.4, -0.2) is 10.9 Å². The monoisotopic (exact) mass is 164 g/mol. The quantitative estimate of drug-likeness (QED) is 0.646. The first-order valence-corrected chi connectivity index (χ1v) is 3.83. The summed E-state index contributed by atoms with van der Waals surface area (Å²) in [7, 11) is 0. The number of carbonyl (C=O) groups is 1. The van der Waals surface area contributed by atoms with Gasteiger partial charge in [0.15, 0.2) is 5.78 Å². The minimum absolute atomic E-state index is 0.0113. The van der Waals surface area contributed by atoms with Crippen molar-refractivity contribution < 1.29 is 9.90 Å². The number of ketones is 1. The van der Waals surface area contributed by atoms with Gasteiger partial charge in [0.05, 0.1) is 0 Å². The fourth-order valence-corrected chi connectivity index (χ4v) is 1.22. The van der Waals surface area contributed by atoms with E-state index in [4.69, 9.17) is 0 Å². The SMILES string of the molecule is CC(=O)c1cc(O)c(C)cc1C. The van der Waals surface area contributed by atoms with Crippen molar-refractivity contribution in [3.05, 3.63) is 28.8 Å². The summed E-state index contributed by atoms with van der Waals surface area (Å²) in [5.74, 6) is 0.175. The lowest BCUT2D eigenvalue weighted by atomic mass is 10.0. The number of phenolic OH excluding ortho intramolecular Hbond substituents is 1. The van der Waals surface area contributed by atoms with E-state index in [0.717, 1.165) is 11.1 Å². The van der Waals surface area contributed by atoms with E-state index in [2.05, 4.69) is 0 Å². The van der Waals surface area contributed by atoms with Gasteiger partial charge in [0.1, 0.15) is 5.75 Å². The van der Waals surface area contributed by atoms with Gasteiger partial charge < -0.3 is 5.11 Å². The molecule has 0 radical (unpaired) electrons. The molecule has 0 spiro atoms. The molecule has 1 aromatic rings. The first kappa shape index (κ1) is 8.78. The number of Topliss-reactive ketones (excluding diaryl/α,β-unsaturated/α-hetero) is 1. The highest BCUT2D eigenvalue weighted by Crippen LogP contribution is 2.21. The number of benzene rings is 1. The van der Waals surface area contributed by atoms with Crippen LogP contribution in [0.4, 0.5) is 0 Å². The first-order chi connectivity index (χ1) is 5.52. The van der Waals surface area contributed by atoms with E-state index >= 15 is 0 Å². The van der Waals surface area contributed by atoms with Gasteiger partial charge in [-0.25, -0.2) is 0 Å². The topological polar surface area (TPSA) is 37.3 Å². The largest absolute Gasteiger partial charge is 0.508 e. The maximum absolute atomic E-state index is 11.0. The van der Waals surface area contributed by atoms with Crippen molar-refractivity contribution in [1.82, 2.24) is 0 Å². The van der Waals surface area contributed by atoms with Crippen molar-refractivity contribution in [1.29, 1.82) is 0 Å². The molecule has 0 heterocycles. The van der Waals surface area contributed by atoms with Crippen molar-refractivity contribution >= 4 is 5.78 Å². The molecule has 0 atom stereocenters. The molecular weight excluding hydrogens is 152 g/mol. The summed E-state index contributed by atoms with van der Waals surface area (Å²) in [5, 5.41) is 9.32. The van der Waals surface area contributed by atoms with Crippen LogP contribution in [0.2, 0.25) is 0 Å². The van der Waals surface area contributed by atoms with Crippen LogP contribution in [0.5, 0.6) is 5.75 Å². The zero-order valence-corrected chi connectivity index (χ0v) is 7.51. The van der Waals surface area contributed by atoms with E-state index in [1.165, 1.54) is 13.0 Å². The third-order valence-electron chi connectivity index (χ3n) is 1.92. The highest BCUT2D eigenvalue weighted by atomic mass is 16.3. The molecule has 1 rings (SSSR count). The molecule has 0 aliphatic heterocycles. The third-order valence-corrected chi connectivity index (χ3v) is 1.92. The second-order valence-corrected chi connectivity index (χ2v) is 3.01. The Hall–Kier alpha value is -1.31. The number of phenols is 1. The van der Waals surface area contributed by atoms with Crippen molar-refractivity contribution in [3.8, 4) is 5.75 Å². The van der Waals surface area contributed by atoms with E-state index in [1.807, 2.05) is 19.9 Å². The summed E-state index contributed by atoms with van der Waals surface area (Å²) in [4.78, 5) is 11.0. The normalized spacial score (nSPS) is 9.92. The molecule has 0 unspecified atom stereocenters. The smallest absolute Gasteiger partial charge is 0.160 e. The molecule has 2 heteroatoms. The number of hydrogen-bond donors (Lipinski definition) is 1. The first-order valence-electron chi connectivity index (χ1n) is 3.83. The number of aromatic hydroxyl groups is 1. The van der Waals surface area contributed by atoms with Gasteiger partial charge in [-0.2, -0.15) is 0 Å². The molecule has 1 aromatic carbocycles. The minimum Gasteiger partial charge on any atom is -0.508 e. The molecule has 0 fully saturated rings. The van der Waals surface area contributed by atoms with Crippen LogP contribution in [-0.2, 0) is 0 Å². The van der Waals surface area contributed by atoms with Crippen LogP contribution in [0.3, 0.4) is 0 Å². The zero-order valence-electron chi connectivity index (χ0n) is 7.51. The zero-order chi connectivity index (χ0) is 9.30. The lowest BCUT2D eigenvalue weighted by molar-refractivity contribution is 0.101. The van der Waals surface area contributed by atoms with Gasteiger partial charge in [-0.1, -0.05) is 6.07 Å². The molecule has 0 amide bonds. The van der Waals surface area contributed by atoms with Crippen LogP contribution < -0.4 is 0 Å². The molecule has 0 bridgehead atoms. The molecule has 0 aromatic heterocycles. The molecule has 64 valence electrons. The molecular formula is C10H12O2. The Labute approximate surface area is 71.8 Å². The fraction of sp³-hybridized carbons (Fsp3) is 0.300. The lowest BCUT2D eigenvalue weighted by Crippen LogP contribution is -1.96. The molecule has 12 heavy (non-hydrogen) atoms. The average molecular weight is 164 g/mol. The number of rotatable bonds is 1. The van der Waals surface area contributed by atoms with E-state index in [-0.39, 0.29) is 11.5 Å². The Morgan fingerprint density at radius 1 is 1.25 bits per heavy atom. The van der Waals surface area contributed by atoms with Crippen LogP contribution in [0, 0.1) is 13.8 Å². The highest BCUT2D eigenvalue weighted by molar-refractivity contribution is 5.96. The van der Waals surface area contributed by atoms with Gasteiger partial charge in [-0.15, -0.1) is 0 Å². The van der Waals surface area contributed by atoms with E-state index in [1.54, 1.807) is 0 Å². The molecule has 0 saturated carbocycles. The van der Waals surface area contributed by atoms with Crippen LogP contribution >= 0.6 is 0 Å². The predicted molar refractivity (Wildman–Crippen MR) is 47.6 cm³/mol. The van der Waals surface area contributed by atoms with Gasteiger partial charge in [0.2, 0.25) is 0 Å². The minimum atomic E-state index is -0.0113. The van der Waals surface area contributed by atoms with Crippen molar-refractivity contribution in [2.75, 3.05) is 0 Å². The Balaban J connectivity index is 3.33. The van der Waals surface area contributed by atoms with E-state index in [0.29, 0.717) is 5.56 Å². The van der Waals surface area contributed by atoms with Crippen molar-refractivity contribution in [3.63, 3.8) is 0 Å². The van der Waals surface area contributed by atoms with Gasteiger partial charge in [0.25, 0.3) is 0 Å². The maximum atomic E-state index is 11.0. The van der Waals surface area contributed by atoms with Crippen molar-refractivity contribution in [2.24, 2.45) is 0 Å². The number of carbonyl (C=O) groups excluding carboxylic acids is 1. The van der Waals surface area contributed by atoms with Gasteiger partial charge in [-0.05, 0) is 38.0 Å². The highest BCUT2D eigenvalue weighted by Gasteiger charge is 2.06. The summed E-state index contributed by atoms with van der Waals surface area (Å²) in [6.07, 6.45) is 0. The standard InChI is InChI=1S/C10H12O2/c1-6-4-7(2)10(12)5-9(6)8(3)11/h4-5,12H,1-3H3. The lowest BCUT2D eigenvalue weighted by Gasteiger charge is -2.04. The molecule has 0 aliphatic carbocycles. The van der Waals surface area contributed by atoms with Gasteiger partial charge >= 0.3 is 0 Å². The Morgan fingerprint density at radius 2 is 1.83 bits per heavy atom. The Bertz CT molecular complexity index is 327. The molecule has 0 saturated heterocycles. The van der Waals surface area contributed by atoms with Crippen LogP contribution in [0.1, 0.15) is 28.4 Å². The average Bonchev–Trinajstić information content (AvgIpc) is 1.96. The van der Waals surface area contributed by atoms with Gasteiger partial charge in [-0.3, -0.25) is 4.79 Å². The predicted octanol–water partition coefficient (Wildman–Crippen LogP) is 2.21. The number of hydrogen-bond acceptors (Lipinski definition) is 2. The molecule has 0 aliphatic rings.